The second-order valence-electron chi connectivity index (χ2n) is 6.48. The average molecular weight is 381 g/mol. The molecule has 0 fully saturated rings. The summed E-state index contributed by atoms with van der Waals surface area (Å²) >= 11 is 0. The number of fused-ring (bicyclic) bond motifs is 1. The van der Waals surface area contributed by atoms with Crippen LogP contribution < -0.4 is 10.3 Å². The van der Waals surface area contributed by atoms with E-state index in [0.29, 0.717) is 19.7 Å². The van der Waals surface area contributed by atoms with Gasteiger partial charge in [0.1, 0.15) is 11.4 Å². The molecule has 1 amide bonds. The molecule has 0 aliphatic heterocycles. The highest BCUT2D eigenvalue weighted by Crippen LogP contribution is 2.22. The van der Waals surface area contributed by atoms with Crippen LogP contribution in [0.15, 0.2) is 53.3 Å². The van der Waals surface area contributed by atoms with E-state index >= 15 is 0 Å². The van der Waals surface area contributed by atoms with Gasteiger partial charge >= 0.3 is 0 Å². The monoisotopic (exact) mass is 381 g/mol. The third-order valence-corrected chi connectivity index (χ3v) is 4.47. The van der Waals surface area contributed by atoms with Crippen molar-refractivity contribution in [3.8, 4) is 5.75 Å². The molecular formula is C21H23N3O4. The summed E-state index contributed by atoms with van der Waals surface area (Å²) in [5.74, 6) is 0.559. The molecule has 0 saturated heterocycles. The molecule has 0 N–H and O–H groups in total. The maximum Gasteiger partial charge on any atom is 0.274 e. The molecule has 0 spiro atoms. The number of hydrogen-bond donors (Lipinski definition) is 0. The van der Waals surface area contributed by atoms with Crippen LogP contribution in [0.1, 0.15) is 16.1 Å². The number of ether oxygens (including phenoxy) is 2. The summed E-state index contributed by atoms with van der Waals surface area (Å²) in [6.45, 7) is 1.08. The molecule has 146 valence electrons. The van der Waals surface area contributed by atoms with Gasteiger partial charge in [0.2, 0.25) is 0 Å². The molecule has 1 aromatic heterocycles. The van der Waals surface area contributed by atoms with Crippen LogP contribution in [-0.4, -0.2) is 48.5 Å². The molecule has 2 aromatic carbocycles. The van der Waals surface area contributed by atoms with Crippen molar-refractivity contribution < 1.29 is 14.3 Å². The Morgan fingerprint density at radius 2 is 1.82 bits per heavy atom. The summed E-state index contributed by atoms with van der Waals surface area (Å²) in [6, 6.07) is 14.7. The molecule has 7 nitrogen and oxygen atoms in total. The quantitative estimate of drug-likeness (QED) is 0.628. The highest BCUT2D eigenvalue weighted by molar-refractivity contribution is 5.92. The van der Waals surface area contributed by atoms with Crippen LogP contribution in [0.2, 0.25) is 0 Å². The van der Waals surface area contributed by atoms with Crippen LogP contribution in [0.4, 0.5) is 0 Å². The third kappa shape index (κ3) is 4.37. The number of amides is 1. The molecule has 0 bridgehead atoms. The minimum atomic E-state index is -0.263. The number of carbonyl (C=O) groups is 1. The Hall–Kier alpha value is -3.19. The molecule has 7 heteroatoms. The lowest BCUT2D eigenvalue weighted by atomic mass is 10.1. The van der Waals surface area contributed by atoms with E-state index in [1.807, 2.05) is 36.4 Å². The fourth-order valence-electron chi connectivity index (χ4n) is 2.94. The summed E-state index contributed by atoms with van der Waals surface area (Å²) in [4.78, 5) is 26.2. The molecule has 3 aromatic rings. The zero-order valence-corrected chi connectivity index (χ0v) is 16.2. The third-order valence-electron chi connectivity index (χ3n) is 4.47. The Bertz CT molecular complexity index is 1050. The standard InChI is InChI=1S/C21H23N3O4/c1-23(21(26)19-8-9-20(25)24(22-19)10-11-27-2)14-15-4-5-17-13-18(28-3)7-6-16(17)12-15/h4-9,12-13H,10-11,14H2,1-3H3. The molecular weight excluding hydrogens is 358 g/mol. The van der Waals surface area contributed by atoms with E-state index in [1.54, 1.807) is 26.2 Å². The SMILES string of the molecule is COCCn1nc(C(=O)N(C)Cc2ccc3cc(OC)ccc3c2)ccc1=O. The van der Waals surface area contributed by atoms with Crippen molar-refractivity contribution in [3.63, 3.8) is 0 Å². The number of aromatic nitrogens is 2. The lowest BCUT2D eigenvalue weighted by molar-refractivity contribution is 0.0775. The van der Waals surface area contributed by atoms with Crippen molar-refractivity contribution in [1.29, 1.82) is 0 Å². The van der Waals surface area contributed by atoms with Crippen molar-refractivity contribution in [2.75, 3.05) is 27.9 Å². The Morgan fingerprint density at radius 1 is 1.07 bits per heavy atom. The zero-order chi connectivity index (χ0) is 20.1. The van der Waals surface area contributed by atoms with Crippen molar-refractivity contribution in [2.24, 2.45) is 0 Å². The predicted octanol–water partition coefficient (Wildman–Crippen LogP) is 2.32. The van der Waals surface area contributed by atoms with Gasteiger partial charge in [0.25, 0.3) is 11.5 Å². The van der Waals surface area contributed by atoms with Crippen molar-refractivity contribution in [2.45, 2.75) is 13.1 Å². The second kappa shape index (κ2) is 8.67. The van der Waals surface area contributed by atoms with Gasteiger partial charge in [-0.15, -0.1) is 0 Å². The number of hydrogen-bond acceptors (Lipinski definition) is 5. The highest BCUT2D eigenvalue weighted by Gasteiger charge is 2.15. The largest absolute Gasteiger partial charge is 0.497 e. The zero-order valence-electron chi connectivity index (χ0n) is 16.2. The van der Waals surface area contributed by atoms with E-state index < -0.39 is 0 Å². The van der Waals surface area contributed by atoms with Gasteiger partial charge in [0.05, 0.1) is 20.3 Å². The number of carbonyl (C=O) groups excluding carboxylic acids is 1. The first kappa shape index (κ1) is 19.6. The Kier molecular flexibility index (Phi) is 6.06. The topological polar surface area (TPSA) is 73.7 Å². The summed E-state index contributed by atoms with van der Waals surface area (Å²) in [5.41, 5.74) is 0.964. The molecule has 0 radical (unpaired) electrons. The van der Waals surface area contributed by atoms with E-state index in [-0.39, 0.29) is 17.2 Å². The maximum atomic E-state index is 12.7. The lowest BCUT2D eigenvalue weighted by Crippen LogP contribution is -2.31. The van der Waals surface area contributed by atoms with E-state index in [4.69, 9.17) is 9.47 Å². The normalized spacial score (nSPS) is 10.8. The van der Waals surface area contributed by atoms with Crippen LogP contribution in [0, 0.1) is 0 Å². The minimum Gasteiger partial charge on any atom is -0.497 e. The number of rotatable bonds is 7. The van der Waals surface area contributed by atoms with Gasteiger partial charge in [-0.2, -0.15) is 5.10 Å². The van der Waals surface area contributed by atoms with E-state index in [1.165, 1.54) is 16.8 Å². The summed E-state index contributed by atoms with van der Waals surface area (Å²) < 4.78 is 11.5. The first-order valence-electron chi connectivity index (χ1n) is 8.91. The Labute approximate surface area is 163 Å². The Balaban J connectivity index is 1.77. The smallest absolute Gasteiger partial charge is 0.274 e. The number of nitrogens with zero attached hydrogens (tertiary/aromatic N) is 3. The molecule has 0 aliphatic carbocycles. The molecule has 28 heavy (non-hydrogen) atoms. The molecule has 0 aliphatic rings. The fraction of sp³-hybridized carbons (Fsp3) is 0.286. The molecule has 1 heterocycles. The highest BCUT2D eigenvalue weighted by atomic mass is 16.5. The maximum absolute atomic E-state index is 12.7. The van der Waals surface area contributed by atoms with Crippen LogP contribution in [-0.2, 0) is 17.8 Å². The van der Waals surface area contributed by atoms with Gasteiger partial charge < -0.3 is 14.4 Å². The van der Waals surface area contributed by atoms with Gasteiger partial charge in [0.15, 0.2) is 0 Å². The van der Waals surface area contributed by atoms with Gasteiger partial charge in [-0.1, -0.05) is 18.2 Å². The molecule has 0 atom stereocenters. The van der Waals surface area contributed by atoms with E-state index in [2.05, 4.69) is 5.10 Å². The first-order valence-corrected chi connectivity index (χ1v) is 8.91. The summed E-state index contributed by atoms with van der Waals surface area (Å²) in [7, 11) is 4.91. The van der Waals surface area contributed by atoms with E-state index in [0.717, 1.165) is 22.1 Å². The van der Waals surface area contributed by atoms with Crippen LogP contribution in [0.5, 0.6) is 5.75 Å². The van der Waals surface area contributed by atoms with Crippen LogP contribution in [0.25, 0.3) is 10.8 Å². The van der Waals surface area contributed by atoms with Crippen LogP contribution in [0.3, 0.4) is 0 Å². The van der Waals surface area contributed by atoms with Crippen LogP contribution >= 0.6 is 0 Å². The van der Waals surface area contributed by atoms with Gasteiger partial charge in [-0.3, -0.25) is 9.59 Å². The minimum absolute atomic E-state index is 0.226. The predicted molar refractivity (Wildman–Crippen MR) is 107 cm³/mol. The molecule has 3 rings (SSSR count). The Morgan fingerprint density at radius 3 is 2.57 bits per heavy atom. The lowest BCUT2D eigenvalue weighted by Gasteiger charge is -2.17. The van der Waals surface area contributed by atoms with Crippen molar-refractivity contribution >= 4 is 16.7 Å². The molecule has 0 saturated carbocycles. The van der Waals surface area contributed by atoms with Crippen molar-refractivity contribution in [1.82, 2.24) is 14.7 Å². The van der Waals surface area contributed by atoms with E-state index in [9.17, 15) is 9.59 Å². The second-order valence-corrected chi connectivity index (χ2v) is 6.48. The summed E-state index contributed by atoms with van der Waals surface area (Å²) in [5, 5.41) is 6.31. The number of methoxy groups -OCH3 is 2. The van der Waals surface area contributed by atoms with Gasteiger partial charge in [-0.05, 0) is 40.6 Å². The summed E-state index contributed by atoms with van der Waals surface area (Å²) in [6.07, 6.45) is 0. The van der Waals surface area contributed by atoms with Gasteiger partial charge in [0, 0.05) is 26.8 Å². The average Bonchev–Trinajstić information content (AvgIpc) is 2.72. The first-order chi connectivity index (χ1) is 13.5. The molecule has 0 unspecified atom stereocenters. The number of benzene rings is 2. The van der Waals surface area contributed by atoms with Crippen molar-refractivity contribution in [3.05, 3.63) is 70.1 Å². The fourth-order valence-corrected chi connectivity index (χ4v) is 2.94. The van der Waals surface area contributed by atoms with Gasteiger partial charge in [-0.25, -0.2) is 4.68 Å².